The van der Waals surface area contributed by atoms with Crippen molar-refractivity contribution in [1.29, 1.82) is 0 Å². The molecule has 0 aliphatic rings. The number of rotatable bonds is 6. The highest BCUT2D eigenvalue weighted by Crippen LogP contribution is 2.18. The van der Waals surface area contributed by atoms with Gasteiger partial charge in [-0.15, -0.1) is 0 Å². The van der Waals surface area contributed by atoms with E-state index >= 15 is 0 Å². The fourth-order valence-corrected chi connectivity index (χ4v) is 2.21. The van der Waals surface area contributed by atoms with Crippen molar-refractivity contribution in [2.75, 3.05) is 13.7 Å². The summed E-state index contributed by atoms with van der Waals surface area (Å²) in [6.07, 6.45) is 1.91. The van der Waals surface area contributed by atoms with Gasteiger partial charge in [0.1, 0.15) is 0 Å². The molecule has 22 heavy (non-hydrogen) atoms. The molecule has 2 aromatic rings. The molecule has 0 saturated carbocycles. The van der Waals surface area contributed by atoms with Gasteiger partial charge in [-0.25, -0.2) is 0 Å². The second-order valence-electron chi connectivity index (χ2n) is 5.16. The van der Waals surface area contributed by atoms with E-state index < -0.39 is 0 Å². The molecule has 0 spiro atoms. The van der Waals surface area contributed by atoms with E-state index in [0.717, 1.165) is 11.1 Å². The minimum atomic E-state index is -0.0976. The van der Waals surface area contributed by atoms with Crippen LogP contribution in [0.3, 0.4) is 0 Å². The monoisotopic (exact) mass is 295 g/mol. The standard InChI is InChI=1S/C19H21NO2/c1-15(14-22-2)20-19(21)18(17-11-7-4-8-12-17)13-16-9-5-3-6-10-16/h3-13,15H,14H2,1-2H3,(H,20,21)/b18-13-. The van der Waals surface area contributed by atoms with Gasteiger partial charge in [-0.05, 0) is 24.1 Å². The molecule has 1 amide bonds. The van der Waals surface area contributed by atoms with Crippen molar-refractivity contribution in [2.24, 2.45) is 0 Å². The number of amides is 1. The number of carbonyl (C=O) groups is 1. The Balaban J connectivity index is 2.30. The first kappa shape index (κ1) is 16.0. The van der Waals surface area contributed by atoms with E-state index in [-0.39, 0.29) is 11.9 Å². The lowest BCUT2D eigenvalue weighted by molar-refractivity contribution is -0.116. The van der Waals surface area contributed by atoms with Gasteiger partial charge in [-0.2, -0.15) is 0 Å². The minimum Gasteiger partial charge on any atom is -0.383 e. The van der Waals surface area contributed by atoms with Gasteiger partial charge in [-0.3, -0.25) is 4.79 Å². The maximum absolute atomic E-state index is 12.6. The van der Waals surface area contributed by atoms with Gasteiger partial charge in [0.15, 0.2) is 0 Å². The summed E-state index contributed by atoms with van der Waals surface area (Å²) in [4.78, 5) is 12.6. The van der Waals surface area contributed by atoms with E-state index in [0.29, 0.717) is 12.2 Å². The summed E-state index contributed by atoms with van der Waals surface area (Å²) in [7, 11) is 1.63. The summed E-state index contributed by atoms with van der Waals surface area (Å²) in [5.41, 5.74) is 2.54. The zero-order valence-electron chi connectivity index (χ0n) is 13.0. The fraction of sp³-hybridized carbons (Fsp3) is 0.211. The molecule has 0 aromatic heterocycles. The molecule has 1 unspecified atom stereocenters. The lowest BCUT2D eigenvalue weighted by atomic mass is 10.0. The fourth-order valence-electron chi connectivity index (χ4n) is 2.21. The zero-order chi connectivity index (χ0) is 15.8. The lowest BCUT2D eigenvalue weighted by Gasteiger charge is -2.15. The Kier molecular flexibility index (Phi) is 5.92. The summed E-state index contributed by atoms with van der Waals surface area (Å²) in [6, 6.07) is 19.5. The van der Waals surface area contributed by atoms with Crippen LogP contribution in [0, 0.1) is 0 Å². The molecule has 0 aliphatic carbocycles. The Hall–Kier alpha value is -2.39. The maximum Gasteiger partial charge on any atom is 0.252 e. The number of hydrogen-bond donors (Lipinski definition) is 1. The van der Waals surface area contributed by atoms with Gasteiger partial charge in [0.25, 0.3) is 5.91 Å². The van der Waals surface area contributed by atoms with E-state index in [1.165, 1.54) is 0 Å². The highest BCUT2D eigenvalue weighted by molar-refractivity contribution is 6.24. The van der Waals surface area contributed by atoms with E-state index in [9.17, 15) is 4.79 Å². The predicted octanol–water partition coefficient (Wildman–Crippen LogP) is 3.38. The van der Waals surface area contributed by atoms with Crippen molar-refractivity contribution in [3.63, 3.8) is 0 Å². The molecule has 0 fully saturated rings. The van der Waals surface area contributed by atoms with Crippen LogP contribution in [0.1, 0.15) is 18.1 Å². The van der Waals surface area contributed by atoms with Crippen LogP contribution < -0.4 is 5.32 Å². The van der Waals surface area contributed by atoms with Crippen LogP contribution in [0.4, 0.5) is 0 Å². The first-order valence-corrected chi connectivity index (χ1v) is 7.32. The Bertz CT molecular complexity index is 620. The summed E-state index contributed by atoms with van der Waals surface area (Å²) in [5, 5.41) is 2.97. The molecular weight excluding hydrogens is 274 g/mol. The van der Waals surface area contributed by atoms with Crippen LogP contribution in [-0.2, 0) is 9.53 Å². The van der Waals surface area contributed by atoms with Crippen LogP contribution in [0.5, 0.6) is 0 Å². The van der Waals surface area contributed by atoms with Gasteiger partial charge in [0.2, 0.25) is 0 Å². The Morgan fingerprint density at radius 2 is 1.68 bits per heavy atom. The molecule has 0 aliphatic heterocycles. The third kappa shape index (κ3) is 4.57. The van der Waals surface area contributed by atoms with Crippen molar-refractivity contribution in [1.82, 2.24) is 5.32 Å². The van der Waals surface area contributed by atoms with Crippen molar-refractivity contribution < 1.29 is 9.53 Å². The van der Waals surface area contributed by atoms with Crippen LogP contribution in [0.25, 0.3) is 11.6 Å². The number of carbonyl (C=O) groups excluding carboxylic acids is 1. The van der Waals surface area contributed by atoms with Gasteiger partial charge < -0.3 is 10.1 Å². The first-order valence-electron chi connectivity index (χ1n) is 7.32. The molecule has 0 bridgehead atoms. The highest BCUT2D eigenvalue weighted by atomic mass is 16.5. The Labute approximate surface area is 131 Å². The summed E-state index contributed by atoms with van der Waals surface area (Å²) in [6.45, 7) is 2.41. The highest BCUT2D eigenvalue weighted by Gasteiger charge is 2.14. The maximum atomic E-state index is 12.6. The molecule has 114 valence electrons. The predicted molar refractivity (Wildman–Crippen MR) is 90.2 cm³/mol. The molecule has 1 N–H and O–H groups in total. The average Bonchev–Trinajstić information content (AvgIpc) is 2.54. The molecule has 0 heterocycles. The normalized spacial score (nSPS) is 12.7. The van der Waals surface area contributed by atoms with E-state index in [1.54, 1.807) is 7.11 Å². The van der Waals surface area contributed by atoms with Crippen molar-refractivity contribution in [3.8, 4) is 0 Å². The van der Waals surface area contributed by atoms with Crippen molar-refractivity contribution in [3.05, 3.63) is 71.8 Å². The SMILES string of the molecule is COCC(C)NC(=O)/C(=C\c1ccccc1)c1ccccc1. The lowest BCUT2D eigenvalue weighted by Crippen LogP contribution is -2.36. The van der Waals surface area contributed by atoms with E-state index in [4.69, 9.17) is 4.74 Å². The van der Waals surface area contributed by atoms with Crippen LogP contribution in [0.15, 0.2) is 60.7 Å². The third-order valence-corrected chi connectivity index (χ3v) is 3.23. The van der Waals surface area contributed by atoms with Crippen molar-refractivity contribution >= 4 is 17.6 Å². The molecule has 3 heteroatoms. The molecule has 0 radical (unpaired) electrons. The molecule has 3 nitrogen and oxygen atoms in total. The number of ether oxygens (including phenoxy) is 1. The first-order chi connectivity index (χ1) is 10.7. The Morgan fingerprint density at radius 3 is 2.27 bits per heavy atom. The van der Waals surface area contributed by atoms with Gasteiger partial charge in [0, 0.05) is 18.7 Å². The van der Waals surface area contributed by atoms with Gasteiger partial charge in [0.05, 0.1) is 6.61 Å². The quantitative estimate of drug-likeness (QED) is 0.655. The van der Waals surface area contributed by atoms with E-state index in [1.807, 2.05) is 73.7 Å². The van der Waals surface area contributed by atoms with Crippen LogP contribution in [0.2, 0.25) is 0 Å². The second-order valence-corrected chi connectivity index (χ2v) is 5.16. The van der Waals surface area contributed by atoms with Gasteiger partial charge >= 0.3 is 0 Å². The largest absolute Gasteiger partial charge is 0.383 e. The summed E-state index contributed by atoms with van der Waals surface area (Å²) in [5.74, 6) is -0.0976. The number of nitrogens with one attached hydrogen (secondary N) is 1. The summed E-state index contributed by atoms with van der Waals surface area (Å²) < 4.78 is 5.07. The average molecular weight is 295 g/mol. The summed E-state index contributed by atoms with van der Waals surface area (Å²) >= 11 is 0. The number of hydrogen-bond acceptors (Lipinski definition) is 2. The molecular formula is C19H21NO2. The topological polar surface area (TPSA) is 38.3 Å². The molecule has 1 atom stereocenters. The van der Waals surface area contributed by atoms with Gasteiger partial charge in [-0.1, -0.05) is 60.7 Å². The van der Waals surface area contributed by atoms with Crippen LogP contribution in [-0.4, -0.2) is 25.7 Å². The zero-order valence-corrected chi connectivity index (χ0v) is 13.0. The second kappa shape index (κ2) is 8.15. The third-order valence-electron chi connectivity index (χ3n) is 3.23. The number of benzene rings is 2. The Morgan fingerprint density at radius 1 is 1.09 bits per heavy atom. The smallest absolute Gasteiger partial charge is 0.252 e. The number of methoxy groups -OCH3 is 1. The molecule has 2 rings (SSSR count). The van der Waals surface area contributed by atoms with E-state index in [2.05, 4.69) is 5.32 Å². The molecule has 2 aromatic carbocycles. The van der Waals surface area contributed by atoms with Crippen LogP contribution >= 0.6 is 0 Å². The molecule has 0 saturated heterocycles. The minimum absolute atomic E-state index is 0.0413. The van der Waals surface area contributed by atoms with Crippen molar-refractivity contribution in [2.45, 2.75) is 13.0 Å².